The maximum atomic E-state index is 13.0. The molecule has 0 aliphatic heterocycles. The first-order valence-corrected chi connectivity index (χ1v) is 33.9. The number of furan rings is 1. The number of rotatable bonds is 19. The number of methoxy groups -OCH3 is 2. The van der Waals surface area contributed by atoms with Crippen LogP contribution in [0.5, 0.6) is 0 Å². The monoisotopic (exact) mass is 1660 g/mol. The zero-order valence-electron chi connectivity index (χ0n) is 57.7. The lowest BCUT2D eigenvalue weighted by Crippen LogP contribution is -2.44. The molecule has 7 aromatic carbocycles. The van der Waals surface area contributed by atoms with E-state index < -0.39 is 72.6 Å². The van der Waals surface area contributed by atoms with Crippen LogP contribution in [-0.4, -0.2) is 139 Å². The van der Waals surface area contributed by atoms with Gasteiger partial charge >= 0.3 is 23.7 Å². The van der Waals surface area contributed by atoms with Crippen molar-refractivity contribution in [3.63, 3.8) is 0 Å². The van der Waals surface area contributed by atoms with Gasteiger partial charge in [0, 0.05) is 108 Å². The number of nitro benzene ring substituents is 3. The first-order chi connectivity index (χ1) is 52.9. The molecule has 0 unspecified atom stereocenters. The van der Waals surface area contributed by atoms with Gasteiger partial charge in [-0.15, -0.1) is 0 Å². The highest BCUT2D eigenvalue weighted by molar-refractivity contribution is 9.10. The van der Waals surface area contributed by atoms with E-state index in [2.05, 4.69) is 71.4 Å². The Kier molecular flexibility index (Phi) is 28.5. The zero-order valence-corrected chi connectivity index (χ0v) is 62.5. The molecule has 11 N–H and O–H groups in total. The molecule has 0 spiro atoms. The van der Waals surface area contributed by atoms with Crippen molar-refractivity contribution in [2.75, 3.05) is 43.8 Å². The number of aryl methyl sites for hydroxylation is 1. The van der Waals surface area contributed by atoms with Gasteiger partial charge in [0.05, 0.1) is 102 Å². The Labute approximate surface area is 652 Å². The number of hydrogen-bond acceptors (Lipinski definition) is 26. The summed E-state index contributed by atoms with van der Waals surface area (Å²) in [6.45, 7) is 1.30. The van der Waals surface area contributed by atoms with Gasteiger partial charge in [0.2, 0.25) is 12.0 Å². The lowest BCUT2D eigenvalue weighted by molar-refractivity contribution is -0.709. The SMILES string of the molecule is CN(C)c1ccc(/[N+](O)=C\c2cccc3nsnc23)cc1.COCc1nc2ccc(Br)cc2c(C(=O)NNC(=S)Nc2ccc([N+](=O)[O-])cc2)c1C(=O)O.COCc1nc2ccccc2c(C(=O)NNC(=S)Nc2ccc([N+](=O)[O-])cc2)c1C(=O)O.Cc1cc(Cl)c([N+](=O)[O-])cc1C(=O)NNC(=O)c1ccc([N+](=O)[O-])o1. The maximum absolute atomic E-state index is 13.0. The molecule has 43 heteroatoms. The van der Waals surface area contributed by atoms with Gasteiger partial charge in [0.15, 0.2) is 10.2 Å². The van der Waals surface area contributed by atoms with Gasteiger partial charge in [0.25, 0.3) is 40.5 Å². The van der Waals surface area contributed by atoms with E-state index in [0.717, 1.165) is 45.2 Å². The van der Waals surface area contributed by atoms with Gasteiger partial charge in [-0.25, -0.2) is 19.6 Å². The molecule has 4 amide bonds. The predicted molar refractivity (Wildman–Crippen MR) is 415 cm³/mol. The lowest BCUT2D eigenvalue weighted by Gasteiger charge is -2.16. The van der Waals surface area contributed by atoms with Crippen molar-refractivity contribution in [1.29, 1.82) is 0 Å². The number of nitrogens with one attached hydrogen (secondary N) is 8. The number of ether oxygens (including phenoxy) is 2. The highest BCUT2D eigenvalue weighted by Gasteiger charge is 2.29. The van der Waals surface area contributed by atoms with Crippen molar-refractivity contribution in [3.8, 4) is 0 Å². The first kappa shape index (κ1) is 82.9. The van der Waals surface area contributed by atoms with Gasteiger partial charge in [0.1, 0.15) is 21.0 Å². The van der Waals surface area contributed by atoms with Crippen molar-refractivity contribution in [1.82, 2.24) is 51.3 Å². The summed E-state index contributed by atoms with van der Waals surface area (Å²) in [4.78, 5) is 125. The second kappa shape index (κ2) is 38.2. The molecular formula is C68H57BrClN18O20S3+. The van der Waals surface area contributed by atoms with E-state index in [4.69, 9.17) is 45.5 Å². The molecule has 0 saturated carbocycles. The molecule has 4 heterocycles. The predicted octanol–water partition coefficient (Wildman–Crippen LogP) is 11.0. The minimum Gasteiger partial charge on any atom is -0.478 e. The van der Waals surface area contributed by atoms with Crippen molar-refractivity contribution < 1.29 is 82.5 Å². The second-order valence-electron chi connectivity index (χ2n) is 22.5. The Morgan fingerprint density at radius 2 is 1.08 bits per heavy atom. The third-order valence-electron chi connectivity index (χ3n) is 14.9. The minimum absolute atomic E-state index is 0.0143. The van der Waals surface area contributed by atoms with E-state index >= 15 is 0 Å². The molecule has 0 aliphatic carbocycles. The molecule has 0 atom stereocenters. The highest BCUT2D eigenvalue weighted by atomic mass is 79.9. The zero-order chi connectivity index (χ0) is 80.9. The molecule has 11 rings (SSSR count). The highest BCUT2D eigenvalue weighted by Crippen LogP contribution is 2.31. The number of amides is 4. The van der Waals surface area contributed by atoms with Crippen molar-refractivity contribution in [2.45, 2.75) is 20.1 Å². The van der Waals surface area contributed by atoms with E-state index in [1.807, 2.05) is 72.3 Å². The molecule has 0 radical (unpaired) electrons. The Hall–Kier alpha value is -13.8. The lowest BCUT2D eigenvalue weighted by atomic mass is 9.99. The Balaban J connectivity index is 0.000000188. The number of fused-ring (bicyclic) bond motifs is 3. The van der Waals surface area contributed by atoms with Gasteiger partial charge < -0.3 is 39.6 Å². The molecule has 111 heavy (non-hydrogen) atoms. The average molecular weight is 1660 g/mol. The number of aromatic nitrogens is 4. The summed E-state index contributed by atoms with van der Waals surface area (Å²) in [5, 5.41) is 78.6. The van der Waals surface area contributed by atoms with Crippen molar-refractivity contribution in [2.24, 2.45) is 0 Å². The number of halogens is 2. The van der Waals surface area contributed by atoms with E-state index in [9.17, 15) is 84.6 Å². The average Bonchev–Trinajstić information content (AvgIpc) is 1.53. The summed E-state index contributed by atoms with van der Waals surface area (Å²) in [5.74, 6) is -6.99. The van der Waals surface area contributed by atoms with Crippen LogP contribution < -0.4 is 48.1 Å². The number of nitro groups is 4. The number of hydrazine groups is 3. The fraction of sp³-hybridized carbons (Fsp3) is 0.103. The first-order valence-electron chi connectivity index (χ1n) is 31.2. The molecule has 0 aliphatic rings. The van der Waals surface area contributed by atoms with Crippen LogP contribution in [-0.2, 0) is 22.7 Å². The van der Waals surface area contributed by atoms with E-state index in [1.165, 1.54) is 87.5 Å². The summed E-state index contributed by atoms with van der Waals surface area (Å²) in [6.07, 6.45) is 1.65. The van der Waals surface area contributed by atoms with Crippen LogP contribution in [0, 0.1) is 47.4 Å². The smallest absolute Gasteiger partial charge is 0.433 e. The number of carboxylic acid groups (broad SMARTS) is 2. The number of carbonyl (C=O) groups is 6. The molecule has 570 valence electrons. The third-order valence-corrected chi connectivity index (χ3v) is 16.7. The van der Waals surface area contributed by atoms with E-state index in [-0.39, 0.29) is 79.0 Å². The number of hydrogen-bond donors (Lipinski definition) is 11. The molecule has 0 fully saturated rings. The number of aromatic carboxylic acids is 2. The topological polar surface area (TPSA) is 521 Å². The van der Waals surface area contributed by atoms with Gasteiger partial charge in [-0.1, -0.05) is 51.8 Å². The van der Waals surface area contributed by atoms with Crippen molar-refractivity contribution >= 4 is 194 Å². The summed E-state index contributed by atoms with van der Waals surface area (Å²) < 4.78 is 25.0. The fourth-order valence-electron chi connectivity index (χ4n) is 9.85. The number of nitrogens with zero attached hydrogens (tertiary/aromatic N) is 10. The Morgan fingerprint density at radius 3 is 1.59 bits per heavy atom. The number of thiocarbonyl (C=S) groups is 2. The molecule has 38 nitrogen and oxygen atoms in total. The third kappa shape index (κ3) is 21.7. The summed E-state index contributed by atoms with van der Waals surface area (Å²) in [5.41, 5.74) is 18.8. The number of carboxylic acids is 2. The number of non-ortho nitro benzene ring substituents is 2. The number of para-hydroxylation sites is 1. The summed E-state index contributed by atoms with van der Waals surface area (Å²) in [7, 11) is 6.75. The Morgan fingerprint density at radius 1 is 0.577 bits per heavy atom. The molecule has 0 saturated heterocycles. The van der Waals surface area contributed by atoms with Crippen molar-refractivity contribution in [3.05, 3.63) is 264 Å². The summed E-state index contributed by atoms with van der Waals surface area (Å²) >= 11 is 20.5. The normalized spacial score (nSPS) is 10.6. The second-order valence-corrected chi connectivity index (χ2v) is 25.2. The fourth-order valence-corrected chi connectivity index (χ4v) is 11.4. The number of anilines is 3. The van der Waals surface area contributed by atoms with Crippen LogP contribution in [0.25, 0.3) is 32.8 Å². The standard InChI is InChI=1S/C20H16BrN5O6S.C20H17N5O6S.C15H15N4OS.C13H9ClN4O7/c1-32-9-15-17(19(28)29)16(13-8-10(21)2-7-14(13)23-15)18(27)24-25-20(33)22-11-3-5-12(6-4-11)26(30)31;1-31-10-15-17(19(27)28)16(13-4-2-3-5-14(13)22-15)18(26)23-24-20(32)21-11-6-8-12(9-7-11)25(29)30;1-18(2)12-6-8-13(9-7-12)19(20)10-11-4-3-5-14-15(11)17-21-16-14;1-6-4-8(14)9(17(21)22)5-7(6)12(19)15-16-13(20)10-2-3-11(25-10)18(23)24/h2-8H,9H2,1H3,(H,24,27)(H,28,29)(H2,22,25,33);2-9H,10H2,1H3,(H,23,26)(H,27,28)(H2,21,24,32);3-10,20H,1-2H3;2-5H,1H3,(H,15,19)(H,16,20)/q;;+1;/b;;19-10+;. The number of carbonyl (C=O) groups excluding carboxylic acids is 4. The van der Waals surface area contributed by atoms with Crippen LogP contribution in [0.1, 0.15) is 84.9 Å². The summed E-state index contributed by atoms with van der Waals surface area (Å²) in [6, 6.07) is 40.1. The molecule has 4 aromatic heterocycles. The quantitative estimate of drug-likeness (QED) is 0.00894. The molecule has 0 bridgehead atoms. The molecule has 11 aromatic rings. The number of benzene rings is 7. The van der Waals surface area contributed by atoms with Crippen LogP contribution in [0.2, 0.25) is 5.02 Å². The van der Waals surface area contributed by atoms with E-state index in [1.54, 1.807) is 48.7 Å². The van der Waals surface area contributed by atoms with E-state index in [0.29, 0.717) is 48.9 Å². The van der Waals surface area contributed by atoms with Gasteiger partial charge in [-0.2, -0.15) is 8.75 Å². The maximum Gasteiger partial charge on any atom is 0.433 e. The van der Waals surface area contributed by atoms with Crippen LogP contribution in [0.15, 0.2) is 167 Å². The number of pyridine rings is 2. The van der Waals surface area contributed by atoms with Gasteiger partial charge in [-0.3, -0.25) is 97.4 Å². The Bertz CT molecular complexity index is 5510. The van der Waals surface area contributed by atoms with Crippen LogP contribution >= 0.6 is 63.7 Å². The largest absolute Gasteiger partial charge is 0.478 e. The van der Waals surface area contributed by atoms with Gasteiger partial charge in [-0.05, 0) is 122 Å². The van der Waals surface area contributed by atoms with Crippen LogP contribution in [0.4, 0.5) is 45.7 Å². The minimum atomic E-state index is -1.34. The van der Waals surface area contributed by atoms with Crippen LogP contribution in [0.3, 0.4) is 0 Å². The molecular weight excluding hydrogens is 1600 g/mol.